The van der Waals surface area contributed by atoms with Crippen molar-refractivity contribution in [2.24, 2.45) is 0 Å². The molecular formula is C25H22F5N3O4. The zero-order valence-electron chi connectivity index (χ0n) is 19.2. The summed E-state index contributed by atoms with van der Waals surface area (Å²) in [6.45, 7) is -1.07. The Labute approximate surface area is 208 Å². The number of fused-ring (bicyclic) bond motifs is 1. The Morgan fingerprint density at radius 2 is 1.89 bits per heavy atom. The number of hydrogen-bond acceptors (Lipinski definition) is 5. The van der Waals surface area contributed by atoms with Gasteiger partial charge in [-0.1, -0.05) is 18.2 Å². The van der Waals surface area contributed by atoms with Crippen LogP contribution < -0.4 is 15.0 Å². The van der Waals surface area contributed by atoms with Crippen LogP contribution in [0.15, 0.2) is 60.7 Å². The van der Waals surface area contributed by atoms with Gasteiger partial charge >= 0.3 is 12.2 Å². The summed E-state index contributed by atoms with van der Waals surface area (Å²) in [6, 6.07) is 11.9. The summed E-state index contributed by atoms with van der Waals surface area (Å²) in [7, 11) is 0. The molecule has 0 bridgehead atoms. The Hall–Kier alpha value is -3.77. The quantitative estimate of drug-likeness (QED) is 0.394. The van der Waals surface area contributed by atoms with Crippen LogP contribution in [-0.4, -0.2) is 47.1 Å². The summed E-state index contributed by atoms with van der Waals surface area (Å²) < 4.78 is 74.1. The summed E-state index contributed by atoms with van der Waals surface area (Å²) in [6.07, 6.45) is -6.36. The van der Waals surface area contributed by atoms with Gasteiger partial charge in [0, 0.05) is 30.3 Å². The molecular weight excluding hydrogens is 501 g/mol. The van der Waals surface area contributed by atoms with Crippen LogP contribution in [0.3, 0.4) is 0 Å². The maximum absolute atomic E-state index is 14.6. The van der Waals surface area contributed by atoms with E-state index in [1.807, 2.05) is 0 Å². The van der Waals surface area contributed by atoms with Crippen molar-refractivity contribution in [2.45, 2.75) is 24.6 Å². The summed E-state index contributed by atoms with van der Waals surface area (Å²) >= 11 is 0. The number of amides is 2. The number of nitrogens with one attached hydrogen (secondary N) is 1. The van der Waals surface area contributed by atoms with Crippen molar-refractivity contribution >= 4 is 17.5 Å². The van der Waals surface area contributed by atoms with Gasteiger partial charge in [-0.15, -0.1) is 0 Å². The van der Waals surface area contributed by atoms with Gasteiger partial charge in [0.15, 0.2) is 0 Å². The first kappa shape index (κ1) is 26.3. The molecule has 3 N–H and O–H groups in total. The van der Waals surface area contributed by atoms with Crippen molar-refractivity contribution in [1.29, 1.82) is 0 Å². The molecule has 2 aromatic carbocycles. The number of benzene rings is 2. The molecule has 0 fully saturated rings. The summed E-state index contributed by atoms with van der Waals surface area (Å²) in [4.78, 5) is 18.2. The lowest BCUT2D eigenvalue weighted by Crippen LogP contribution is -2.43. The Balaban J connectivity index is 1.62. The third-order valence-electron chi connectivity index (χ3n) is 5.64. The summed E-state index contributed by atoms with van der Waals surface area (Å²) in [5, 5.41) is 20.9. The number of anilines is 2. The number of carbonyl (C=O) groups excluding carboxylic acids is 1. The van der Waals surface area contributed by atoms with E-state index in [1.165, 1.54) is 30.3 Å². The SMILES string of the molecule is O=C(Nc1cccc(OCC(O)CO)c1)N1CCC(F)(F)c2ccc(-c3cccc(C(F)(F)F)c3)nc21. The highest BCUT2D eigenvalue weighted by atomic mass is 19.4. The zero-order chi connectivity index (χ0) is 26.8. The normalized spacial score (nSPS) is 15.6. The number of pyridine rings is 1. The number of halogens is 5. The van der Waals surface area contributed by atoms with Crippen LogP contribution in [0.4, 0.5) is 38.3 Å². The fourth-order valence-corrected chi connectivity index (χ4v) is 3.75. The molecule has 0 radical (unpaired) electrons. The fraction of sp³-hybridized carbons (Fsp3) is 0.280. The van der Waals surface area contributed by atoms with Crippen LogP contribution in [-0.2, 0) is 12.1 Å². The number of ether oxygens (including phenoxy) is 1. The Morgan fingerprint density at radius 3 is 2.62 bits per heavy atom. The van der Waals surface area contributed by atoms with Gasteiger partial charge in [0.05, 0.1) is 23.4 Å². The molecule has 12 heteroatoms. The topological polar surface area (TPSA) is 94.9 Å². The van der Waals surface area contributed by atoms with E-state index in [9.17, 15) is 31.9 Å². The molecule has 0 aliphatic carbocycles. The smallest absolute Gasteiger partial charge is 0.416 e. The van der Waals surface area contributed by atoms with Crippen LogP contribution in [0.1, 0.15) is 17.5 Å². The van der Waals surface area contributed by atoms with E-state index in [0.717, 1.165) is 23.1 Å². The molecule has 3 aromatic rings. The van der Waals surface area contributed by atoms with E-state index in [-0.39, 0.29) is 41.7 Å². The van der Waals surface area contributed by atoms with Crippen molar-refractivity contribution in [3.8, 4) is 17.0 Å². The van der Waals surface area contributed by atoms with E-state index in [0.29, 0.717) is 0 Å². The largest absolute Gasteiger partial charge is 0.491 e. The minimum Gasteiger partial charge on any atom is -0.491 e. The van der Waals surface area contributed by atoms with Crippen LogP contribution in [0.2, 0.25) is 0 Å². The van der Waals surface area contributed by atoms with Crippen LogP contribution in [0.25, 0.3) is 11.3 Å². The first-order chi connectivity index (χ1) is 17.5. The van der Waals surface area contributed by atoms with Crippen molar-refractivity contribution < 1.29 is 41.7 Å². The van der Waals surface area contributed by atoms with Crippen molar-refractivity contribution in [1.82, 2.24) is 4.98 Å². The summed E-state index contributed by atoms with van der Waals surface area (Å²) in [5.41, 5.74) is -1.12. The molecule has 2 heterocycles. The van der Waals surface area contributed by atoms with Crippen LogP contribution in [0, 0.1) is 0 Å². The lowest BCUT2D eigenvalue weighted by molar-refractivity contribution is -0.137. The second-order valence-electron chi connectivity index (χ2n) is 8.36. The monoisotopic (exact) mass is 523 g/mol. The molecule has 0 saturated heterocycles. The first-order valence-corrected chi connectivity index (χ1v) is 11.2. The van der Waals surface area contributed by atoms with Gasteiger partial charge in [-0.2, -0.15) is 13.2 Å². The highest BCUT2D eigenvalue weighted by molar-refractivity contribution is 6.02. The molecule has 37 heavy (non-hydrogen) atoms. The Bertz CT molecular complexity index is 1290. The maximum atomic E-state index is 14.6. The minimum atomic E-state index is -4.60. The number of urea groups is 1. The minimum absolute atomic E-state index is 0.00168. The second kappa shape index (κ2) is 10.3. The molecule has 1 aromatic heterocycles. The van der Waals surface area contributed by atoms with Gasteiger partial charge in [0.1, 0.15) is 24.3 Å². The van der Waals surface area contributed by atoms with E-state index >= 15 is 0 Å². The second-order valence-corrected chi connectivity index (χ2v) is 8.36. The highest BCUT2D eigenvalue weighted by Crippen LogP contribution is 2.43. The van der Waals surface area contributed by atoms with Crippen molar-refractivity contribution in [3.05, 3.63) is 71.8 Å². The predicted molar refractivity (Wildman–Crippen MR) is 125 cm³/mol. The number of nitrogens with zero attached hydrogens (tertiary/aromatic N) is 2. The van der Waals surface area contributed by atoms with Gasteiger partial charge in [0.2, 0.25) is 0 Å². The van der Waals surface area contributed by atoms with E-state index in [4.69, 9.17) is 9.84 Å². The molecule has 7 nitrogen and oxygen atoms in total. The summed E-state index contributed by atoms with van der Waals surface area (Å²) in [5.74, 6) is -3.37. The standard InChI is InChI=1S/C25H22F5N3O4/c26-24(27)9-10-33(23(36)31-17-5-2-6-19(12-17)37-14-18(35)13-34)22-20(24)7-8-21(32-22)15-3-1-4-16(11-15)25(28,29)30/h1-8,11-12,18,34-35H,9-10,13-14H2,(H,31,36). The van der Waals surface area contributed by atoms with Crippen LogP contribution >= 0.6 is 0 Å². The number of aliphatic hydroxyl groups is 2. The highest BCUT2D eigenvalue weighted by Gasteiger charge is 2.42. The average Bonchev–Trinajstić information content (AvgIpc) is 2.86. The van der Waals surface area contributed by atoms with Crippen molar-refractivity contribution in [3.63, 3.8) is 0 Å². The third kappa shape index (κ3) is 5.97. The molecule has 1 unspecified atom stereocenters. The number of hydrogen-bond donors (Lipinski definition) is 3. The van der Waals surface area contributed by atoms with Gasteiger partial charge in [0.25, 0.3) is 5.92 Å². The lowest BCUT2D eigenvalue weighted by atomic mass is 9.99. The number of carbonyl (C=O) groups is 1. The van der Waals surface area contributed by atoms with Crippen molar-refractivity contribution in [2.75, 3.05) is 30.0 Å². The number of alkyl halides is 5. The Kier molecular flexibility index (Phi) is 7.32. The van der Waals surface area contributed by atoms with Gasteiger partial charge in [-0.25, -0.2) is 18.6 Å². The fourth-order valence-electron chi connectivity index (χ4n) is 3.75. The zero-order valence-corrected chi connectivity index (χ0v) is 19.2. The lowest BCUT2D eigenvalue weighted by Gasteiger charge is -2.33. The number of aliphatic hydroxyl groups excluding tert-OH is 2. The average molecular weight is 523 g/mol. The molecule has 1 aliphatic heterocycles. The number of rotatable bonds is 6. The van der Waals surface area contributed by atoms with Gasteiger partial charge in [-0.05, 0) is 36.4 Å². The molecule has 0 spiro atoms. The third-order valence-corrected chi connectivity index (χ3v) is 5.64. The predicted octanol–water partition coefficient (Wildman–Crippen LogP) is 5.03. The molecule has 4 rings (SSSR count). The first-order valence-electron chi connectivity index (χ1n) is 11.2. The maximum Gasteiger partial charge on any atom is 0.416 e. The molecule has 0 saturated carbocycles. The van der Waals surface area contributed by atoms with Gasteiger partial charge < -0.3 is 20.3 Å². The van der Waals surface area contributed by atoms with Crippen LogP contribution in [0.5, 0.6) is 5.75 Å². The Morgan fingerprint density at radius 1 is 1.14 bits per heavy atom. The number of aromatic nitrogens is 1. The molecule has 1 aliphatic rings. The van der Waals surface area contributed by atoms with Gasteiger partial charge in [-0.3, -0.25) is 4.90 Å². The van der Waals surface area contributed by atoms with E-state index < -0.39 is 48.4 Å². The molecule has 196 valence electrons. The van der Waals surface area contributed by atoms with E-state index in [2.05, 4.69) is 10.3 Å². The molecule has 1 atom stereocenters. The van der Waals surface area contributed by atoms with E-state index in [1.54, 1.807) is 12.1 Å². The molecule has 2 amide bonds.